The Morgan fingerprint density at radius 3 is 2.90 bits per heavy atom. The number of esters is 1. The summed E-state index contributed by atoms with van der Waals surface area (Å²) < 4.78 is 10.3. The largest absolute Gasteiger partial charge is 0.497 e. The van der Waals surface area contributed by atoms with E-state index < -0.39 is 0 Å². The van der Waals surface area contributed by atoms with E-state index in [1.54, 1.807) is 14.0 Å². The molecule has 4 heteroatoms. The molecule has 0 saturated heterocycles. The number of methoxy groups -OCH3 is 1. The zero-order chi connectivity index (χ0) is 15.2. The molecule has 0 radical (unpaired) electrons. The minimum absolute atomic E-state index is 0.169. The summed E-state index contributed by atoms with van der Waals surface area (Å²) in [5, 5.41) is 0. The van der Waals surface area contributed by atoms with Gasteiger partial charge in [0.15, 0.2) is 0 Å². The lowest BCUT2D eigenvalue weighted by molar-refractivity contribution is -0.154. The maximum atomic E-state index is 12.2. The topological polar surface area (TPSA) is 52.6 Å². The molecule has 0 amide bonds. The highest BCUT2D eigenvalue weighted by atomic mass is 16.5. The summed E-state index contributed by atoms with van der Waals surface area (Å²) in [7, 11) is 1.62. The molecule has 0 aromatic heterocycles. The van der Waals surface area contributed by atoms with Crippen LogP contribution in [0.3, 0.4) is 0 Å². The molecule has 1 fully saturated rings. The number of hydrogen-bond donors (Lipinski definition) is 0. The van der Waals surface area contributed by atoms with Crippen LogP contribution in [-0.4, -0.2) is 25.5 Å². The molecule has 0 bridgehead atoms. The van der Waals surface area contributed by atoms with E-state index in [9.17, 15) is 9.59 Å². The Morgan fingerprint density at radius 1 is 1.38 bits per heavy atom. The van der Waals surface area contributed by atoms with E-state index in [1.165, 1.54) is 0 Å². The summed E-state index contributed by atoms with van der Waals surface area (Å²) in [4.78, 5) is 24.3. The number of ketones is 1. The van der Waals surface area contributed by atoms with Gasteiger partial charge in [-0.05, 0) is 43.9 Å². The standard InChI is InChI=1S/C17H22O4/c1-3-21-17(19)14-8-5-9-16(18)15(14)11-12-6-4-7-13(10-12)20-2/h4,6-7,10,14-15H,3,5,8-9,11H2,1-2H3/t14-,15-/m1/s1. The molecule has 1 aromatic rings. The Balaban J connectivity index is 2.16. The molecule has 4 nitrogen and oxygen atoms in total. The van der Waals surface area contributed by atoms with Gasteiger partial charge in [-0.25, -0.2) is 0 Å². The van der Waals surface area contributed by atoms with Crippen molar-refractivity contribution < 1.29 is 19.1 Å². The summed E-state index contributed by atoms with van der Waals surface area (Å²) >= 11 is 0. The molecule has 1 aromatic carbocycles. The monoisotopic (exact) mass is 290 g/mol. The zero-order valence-electron chi connectivity index (χ0n) is 12.6. The van der Waals surface area contributed by atoms with Gasteiger partial charge >= 0.3 is 5.97 Å². The second-order valence-electron chi connectivity index (χ2n) is 5.38. The molecule has 2 rings (SSSR count). The van der Waals surface area contributed by atoms with Crippen molar-refractivity contribution in [3.8, 4) is 5.75 Å². The Bertz CT molecular complexity index is 509. The van der Waals surface area contributed by atoms with Crippen molar-refractivity contribution in [3.63, 3.8) is 0 Å². The fourth-order valence-corrected chi connectivity index (χ4v) is 2.95. The maximum Gasteiger partial charge on any atom is 0.309 e. The summed E-state index contributed by atoms with van der Waals surface area (Å²) in [6, 6.07) is 7.66. The molecule has 0 spiro atoms. The molecule has 0 N–H and O–H groups in total. The number of Topliss-reactive ketones (excluding diaryl/α,β-unsaturated/α-hetero) is 1. The SMILES string of the molecule is CCOC(=O)[C@@H]1CCCC(=O)[C@@H]1Cc1cccc(OC)c1. The molecule has 1 aliphatic carbocycles. The number of carbonyl (C=O) groups is 2. The van der Waals surface area contributed by atoms with Gasteiger partial charge in [-0.1, -0.05) is 12.1 Å². The van der Waals surface area contributed by atoms with Crippen LogP contribution in [0, 0.1) is 11.8 Å². The second kappa shape index (κ2) is 7.25. The van der Waals surface area contributed by atoms with Crippen LogP contribution in [-0.2, 0) is 20.7 Å². The van der Waals surface area contributed by atoms with Crippen molar-refractivity contribution in [1.82, 2.24) is 0 Å². The first kappa shape index (κ1) is 15.5. The first-order valence-corrected chi connectivity index (χ1v) is 7.48. The predicted molar refractivity (Wildman–Crippen MR) is 79.2 cm³/mol. The number of ether oxygens (including phenoxy) is 2. The molecule has 114 valence electrons. The third-order valence-corrected chi connectivity index (χ3v) is 4.02. The van der Waals surface area contributed by atoms with Crippen LogP contribution in [0.1, 0.15) is 31.7 Å². The van der Waals surface area contributed by atoms with Crippen LogP contribution in [0.25, 0.3) is 0 Å². The Morgan fingerprint density at radius 2 is 2.19 bits per heavy atom. The molecular weight excluding hydrogens is 268 g/mol. The van der Waals surface area contributed by atoms with Crippen LogP contribution in [0.4, 0.5) is 0 Å². The normalized spacial score (nSPS) is 21.9. The van der Waals surface area contributed by atoms with Gasteiger partial charge in [0.25, 0.3) is 0 Å². The third-order valence-electron chi connectivity index (χ3n) is 4.02. The van der Waals surface area contributed by atoms with Crippen molar-refractivity contribution in [1.29, 1.82) is 0 Å². The average molecular weight is 290 g/mol. The molecule has 2 atom stereocenters. The van der Waals surface area contributed by atoms with E-state index in [0.29, 0.717) is 19.4 Å². The summed E-state index contributed by atoms with van der Waals surface area (Å²) in [5.74, 6) is 0.117. The Hall–Kier alpha value is -1.84. The minimum atomic E-state index is -0.308. The maximum absolute atomic E-state index is 12.2. The van der Waals surface area contributed by atoms with E-state index in [-0.39, 0.29) is 23.6 Å². The van der Waals surface area contributed by atoms with Crippen LogP contribution in [0.2, 0.25) is 0 Å². The van der Waals surface area contributed by atoms with Crippen molar-refractivity contribution in [2.24, 2.45) is 11.8 Å². The lowest BCUT2D eigenvalue weighted by Gasteiger charge is -2.28. The Kier molecular flexibility index (Phi) is 5.37. The van der Waals surface area contributed by atoms with Gasteiger partial charge in [0.2, 0.25) is 0 Å². The lowest BCUT2D eigenvalue weighted by Crippen LogP contribution is -2.36. The fraction of sp³-hybridized carbons (Fsp3) is 0.529. The highest BCUT2D eigenvalue weighted by molar-refractivity contribution is 5.88. The number of hydrogen-bond acceptors (Lipinski definition) is 4. The van der Waals surface area contributed by atoms with Gasteiger partial charge in [-0.2, -0.15) is 0 Å². The molecule has 1 saturated carbocycles. The minimum Gasteiger partial charge on any atom is -0.497 e. The zero-order valence-corrected chi connectivity index (χ0v) is 12.6. The highest BCUT2D eigenvalue weighted by Gasteiger charge is 2.37. The van der Waals surface area contributed by atoms with Crippen LogP contribution in [0.15, 0.2) is 24.3 Å². The first-order chi connectivity index (χ1) is 10.2. The van der Waals surface area contributed by atoms with E-state index in [0.717, 1.165) is 24.2 Å². The van der Waals surface area contributed by atoms with Gasteiger partial charge in [-0.15, -0.1) is 0 Å². The smallest absolute Gasteiger partial charge is 0.309 e. The molecule has 0 unspecified atom stereocenters. The van der Waals surface area contributed by atoms with E-state index in [1.807, 2.05) is 24.3 Å². The molecule has 0 aliphatic heterocycles. The number of rotatable bonds is 5. The van der Waals surface area contributed by atoms with Gasteiger partial charge in [0, 0.05) is 12.3 Å². The van der Waals surface area contributed by atoms with Crippen LogP contribution < -0.4 is 4.74 Å². The van der Waals surface area contributed by atoms with E-state index >= 15 is 0 Å². The summed E-state index contributed by atoms with van der Waals surface area (Å²) in [6.07, 6.45) is 2.64. The summed E-state index contributed by atoms with van der Waals surface area (Å²) in [6.45, 7) is 2.15. The van der Waals surface area contributed by atoms with Gasteiger partial charge in [0.1, 0.15) is 11.5 Å². The lowest BCUT2D eigenvalue weighted by atomic mass is 9.75. The molecule has 0 heterocycles. The van der Waals surface area contributed by atoms with Crippen LogP contribution in [0.5, 0.6) is 5.75 Å². The highest BCUT2D eigenvalue weighted by Crippen LogP contribution is 2.31. The quantitative estimate of drug-likeness (QED) is 0.782. The fourth-order valence-electron chi connectivity index (χ4n) is 2.95. The predicted octanol–water partition coefficient (Wildman–Crippen LogP) is 2.79. The van der Waals surface area contributed by atoms with Gasteiger partial charge in [-0.3, -0.25) is 9.59 Å². The van der Waals surface area contributed by atoms with E-state index in [2.05, 4.69) is 0 Å². The second-order valence-corrected chi connectivity index (χ2v) is 5.38. The average Bonchev–Trinajstić information content (AvgIpc) is 2.49. The number of benzene rings is 1. The first-order valence-electron chi connectivity index (χ1n) is 7.48. The van der Waals surface area contributed by atoms with E-state index in [4.69, 9.17) is 9.47 Å². The van der Waals surface area contributed by atoms with Crippen molar-refractivity contribution in [2.75, 3.05) is 13.7 Å². The van der Waals surface area contributed by atoms with Crippen molar-refractivity contribution >= 4 is 11.8 Å². The van der Waals surface area contributed by atoms with Crippen molar-refractivity contribution in [3.05, 3.63) is 29.8 Å². The van der Waals surface area contributed by atoms with Gasteiger partial charge in [0.05, 0.1) is 19.6 Å². The summed E-state index contributed by atoms with van der Waals surface area (Å²) in [5.41, 5.74) is 1.02. The third kappa shape index (κ3) is 3.84. The van der Waals surface area contributed by atoms with Crippen molar-refractivity contribution in [2.45, 2.75) is 32.6 Å². The Labute approximate surface area is 125 Å². The molecular formula is C17H22O4. The van der Waals surface area contributed by atoms with Gasteiger partial charge < -0.3 is 9.47 Å². The number of carbonyl (C=O) groups excluding carboxylic acids is 2. The molecule has 1 aliphatic rings. The van der Waals surface area contributed by atoms with Crippen LogP contribution >= 0.6 is 0 Å². The molecule has 21 heavy (non-hydrogen) atoms.